The van der Waals surface area contributed by atoms with Crippen LogP contribution >= 0.6 is 0 Å². The number of amides is 1. The number of carboxylic acids is 1. The lowest BCUT2D eigenvalue weighted by atomic mass is 10.1. The van der Waals surface area contributed by atoms with Gasteiger partial charge in [0, 0.05) is 12.2 Å². The van der Waals surface area contributed by atoms with Crippen LogP contribution in [-0.2, 0) is 4.79 Å². The monoisotopic (exact) mass is 261 g/mol. The zero-order valence-corrected chi connectivity index (χ0v) is 10.5. The number of nitrogens with zero attached hydrogens (tertiary/aromatic N) is 2. The third kappa shape index (κ3) is 2.90. The number of carboxylic acid groups (broad SMARTS) is 1. The second-order valence-electron chi connectivity index (χ2n) is 4.27. The van der Waals surface area contributed by atoms with Crippen molar-refractivity contribution in [2.24, 2.45) is 0 Å². The predicted octanol–water partition coefficient (Wildman–Crippen LogP) is 1.32. The van der Waals surface area contributed by atoms with Crippen LogP contribution in [0.5, 0.6) is 0 Å². The van der Waals surface area contributed by atoms with Gasteiger partial charge in [-0.2, -0.15) is 5.10 Å². The summed E-state index contributed by atoms with van der Waals surface area (Å²) in [5, 5.41) is 15.6. The van der Waals surface area contributed by atoms with Crippen molar-refractivity contribution in [3.8, 4) is 0 Å². The van der Waals surface area contributed by atoms with Crippen molar-refractivity contribution in [2.75, 3.05) is 0 Å². The molecular formula is C13H15N3O3. The molecule has 2 N–H and O–H groups in total. The molecule has 1 amide bonds. The summed E-state index contributed by atoms with van der Waals surface area (Å²) >= 11 is 0. The maximum Gasteiger partial charge on any atom is 0.305 e. The highest BCUT2D eigenvalue weighted by atomic mass is 16.4. The summed E-state index contributed by atoms with van der Waals surface area (Å²) in [5.74, 6) is -1.22. The number of rotatable bonds is 5. The number of aliphatic carboxylic acids is 1. The van der Waals surface area contributed by atoms with Crippen molar-refractivity contribution in [2.45, 2.75) is 25.8 Å². The van der Waals surface area contributed by atoms with E-state index in [1.165, 1.54) is 6.20 Å². The average Bonchev–Trinajstić information content (AvgIpc) is 2.81. The number of hydrogen-bond acceptors (Lipinski definition) is 3. The first-order valence-electron chi connectivity index (χ1n) is 6.07. The quantitative estimate of drug-likeness (QED) is 0.850. The van der Waals surface area contributed by atoms with Crippen molar-refractivity contribution >= 4 is 17.4 Å². The van der Waals surface area contributed by atoms with Crippen molar-refractivity contribution in [1.29, 1.82) is 0 Å². The Morgan fingerprint density at radius 2 is 2.26 bits per heavy atom. The summed E-state index contributed by atoms with van der Waals surface area (Å²) in [7, 11) is 0. The molecule has 6 nitrogen and oxygen atoms in total. The molecule has 0 fully saturated rings. The molecular weight excluding hydrogens is 246 g/mol. The molecule has 0 aromatic carbocycles. The molecule has 2 aromatic heterocycles. The minimum Gasteiger partial charge on any atom is -0.481 e. The largest absolute Gasteiger partial charge is 0.481 e. The van der Waals surface area contributed by atoms with Gasteiger partial charge in [-0.15, -0.1) is 0 Å². The number of carbonyl (C=O) groups excluding carboxylic acids is 1. The molecule has 1 atom stereocenters. The van der Waals surface area contributed by atoms with Crippen molar-refractivity contribution < 1.29 is 14.7 Å². The second kappa shape index (κ2) is 5.51. The summed E-state index contributed by atoms with van der Waals surface area (Å²) in [6.07, 6.45) is 3.72. The molecule has 0 aliphatic rings. The van der Waals surface area contributed by atoms with Gasteiger partial charge in [-0.05, 0) is 18.6 Å². The van der Waals surface area contributed by atoms with Crippen LogP contribution in [0.3, 0.4) is 0 Å². The zero-order valence-electron chi connectivity index (χ0n) is 10.5. The third-order valence-electron chi connectivity index (χ3n) is 2.92. The average molecular weight is 261 g/mol. The Hall–Kier alpha value is -2.37. The van der Waals surface area contributed by atoms with Crippen LogP contribution < -0.4 is 5.32 Å². The van der Waals surface area contributed by atoms with E-state index in [1.54, 1.807) is 16.8 Å². The maximum atomic E-state index is 12.1. The summed E-state index contributed by atoms with van der Waals surface area (Å²) in [6.45, 7) is 1.84. The zero-order chi connectivity index (χ0) is 13.8. The van der Waals surface area contributed by atoms with Crippen molar-refractivity contribution in [3.63, 3.8) is 0 Å². The van der Waals surface area contributed by atoms with Gasteiger partial charge in [-0.1, -0.05) is 13.0 Å². The van der Waals surface area contributed by atoms with Crippen LogP contribution in [0.15, 0.2) is 30.6 Å². The summed E-state index contributed by atoms with van der Waals surface area (Å²) in [5.41, 5.74) is 1.15. The molecule has 2 rings (SSSR count). The fraction of sp³-hybridized carbons (Fsp3) is 0.308. The molecule has 0 saturated heterocycles. The minimum absolute atomic E-state index is 0.0819. The van der Waals surface area contributed by atoms with E-state index in [4.69, 9.17) is 5.11 Å². The number of nitrogens with one attached hydrogen (secondary N) is 1. The summed E-state index contributed by atoms with van der Waals surface area (Å²) in [6, 6.07) is 5.06. The highest BCUT2D eigenvalue weighted by Gasteiger charge is 2.17. The van der Waals surface area contributed by atoms with E-state index < -0.39 is 5.97 Å². The Balaban J connectivity index is 2.17. The Morgan fingerprint density at radius 3 is 2.95 bits per heavy atom. The van der Waals surface area contributed by atoms with E-state index in [2.05, 4.69) is 10.4 Å². The van der Waals surface area contributed by atoms with Gasteiger partial charge in [0.2, 0.25) is 0 Å². The van der Waals surface area contributed by atoms with Gasteiger partial charge >= 0.3 is 5.97 Å². The molecule has 0 radical (unpaired) electrons. The Kier molecular flexibility index (Phi) is 3.79. The second-order valence-corrected chi connectivity index (χ2v) is 4.27. The molecule has 0 aliphatic heterocycles. The SMILES string of the molecule is CCC(CC(=O)O)NC(=O)c1cnn2ccccc12. The molecule has 100 valence electrons. The van der Waals surface area contributed by atoms with E-state index in [1.807, 2.05) is 19.1 Å². The molecule has 2 heterocycles. The number of hydrogen-bond donors (Lipinski definition) is 2. The first kappa shape index (κ1) is 13.1. The Bertz CT molecular complexity index is 606. The Labute approximate surface area is 110 Å². The topological polar surface area (TPSA) is 83.7 Å². The van der Waals surface area contributed by atoms with Crippen molar-refractivity contribution in [3.05, 3.63) is 36.2 Å². The third-order valence-corrected chi connectivity index (χ3v) is 2.92. The van der Waals surface area contributed by atoms with Gasteiger partial charge in [0.25, 0.3) is 5.91 Å². The van der Waals surface area contributed by atoms with Gasteiger partial charge in [0.05, 0.1) is 23.7 Å². The molecule has 0 saturated carbocycles. The van der Waals surface area contributed by atoms with E-state index in [0.29, 0.717) is 17.5 Å². The van der Waals surface area contributed by atoms with Crippen molar-refractivity contribution in [1.82, 2.24) is 14.9 Å². The highest BCUT2D eigenvalue weighted by molar-refractivity contribution is 6.00. The Morgan fingerprint density at radius 1 is 1.47 bits per heavy atom. The van der Waals surface area contributed by atoms with Crippen LogP contribution in [0.1, 0.15) is 30.1 Å². The van der Waals surface area contributed by atoms with Crippen LogP contribution in [0.4, 0.5) is 0 Å². The first-order valence-corrected chi connectivity index (χ1v) is 6.07. The van der Waals surface area contributed by atoms with Gasteiger partial charge in [-0.3, -0.25) is 9.59 Å². The van der Waals surface area contributed by atoms with Gasteiger partial charge in [-0.25, -0.2) is 4.52 Å². The van der Waals surface area contributed by atoms with Crippen LogP contribution in [-0.4, -0.2) is 32.6 Å². The highest BCUT2D eigenvalue weighted by Crippen LogP contribution is 2.10. The molecule has 6 heteroatoms. The van der Waals surface area contributed by atoms with Crippen LogP contribution in [0.2, 0.25) is 0 Å². The van der Waals surface area contributed by atoms with E-state index in [0.717, 1.165) is 0 Å². The van der Waals surface area contributed by atoms with E-state index in [9.17, 15) is 9.59 Å². The lowest BCUT2D eigenvalue weighted by Crippen LogP contribution is -2.35. The van der Waals surface area contributed by atoms with Crippen LogP contribution in [0.25, 0.3) is 5.52 Å². The first-order chi connectivity index (χ1) is 9.11. The number of fused-ring (bicyclic) bond motifs is 1. The molecule has 0 aliphatic carbocycles. The standard InChI is InChI=1S/C13H15N3O3/c1-2-9(7-12(17)18)15-13(19)10-8-14-16-6-4-3-5-11(10)16/h3-6,8-9H,2,7H2,1H3,(H,15,19)(H,17,18). The van der Waals surface area contributed by atoms with E-state index in [-0.39, 0.29) is 18.4 Å². The molecule has 19 heavy (non-hydrogen) atoms. The van der Waals surface area contributed by atoms with Crippen LogP contribution in [0, 0.1) is 0 Å². The number of pyridine rings is 1. The maximum absolute atomic E-state index is 12.1. The summed E-state index contributed by atoms with van der Waals surface area (Å²) in [4.78, 5) is 22.8. The molecule has 0 spiro atoms. The lowest BCUT2D eigenvalue weighted by Gasteiger charge is -2.14. The number of aromatic nitrogens is 2. The fourth-order valence-electron chi connectivity index (χ4n) is 1.88. The predicted molar refractivity (Wildman–Crippen MR) is 69.0 cm³/mol. The van der Waals surface area contributed by atoms with Gasteiger partial charge in [0.1, 0.15) is 0 Å². The normalized spacial score (nSPS) is 12.3. The van der Waals surface area contributed by atoms with Gasteiger partial charge < -0.3 is 10.4 Å². The number of carbonyl (C=O) groups is 2. The minimum atomic E-state index is -0.924. The summed E-state index contributed by atoms with van der Waals surface area (Å²) < 4.78 is 1.60. The molecule has 0 bridgehead atoms. The lowest BCUT2D eigenvalue weighted by molar-refractivity contribution is -0.137. The fourth-order valence-corrected chi connectivity index (χ4v) is 1.88. The molecule has 2 aromatic rings. The molecule has 1 unspecified atom stereocenters. The smallest absolute Gasteiger partial charge is 0.305 e. The van der Waals surface area contributed by atoms with E-state index >= 15 is 0 Å². The van der Waals surface area contributed by atoms with Gasteiger partial charge in [0.15, 0.2) is 0 Å².